The van der Waals surface area contributed by atoms with Crippen LogP contribution in [-0.4, -0.2) is 30.6 Å². The highest BCUT2D eigenvalue weighted by molar-refractivity contribution is 6.30. The van der Waals surface area contributed by atoms with Gasteiger partial charge in [0.15, 0.2) is 0 Å². The lowest BCUT2D eigenvalue weighted by Gasteiger charge is -2.39. The topological polar surface area (TPSA) is 61.4 Å². The smallest absolute Gasteiger partial charge is 0.216 e. The van der Waals surface area contributed by atoms with Gasteiger partial charge in [-0.1, -0.05) is 23.7 Å². The molecule has 1 aromatic rings. The monoisotopic (exact) mass is 342 g/mol. The first-order valence-electron chi connectivity index (χ1n) is 8.07. The molecule has 3 N–H and O–H groups in total. The van der Waals surface area contributed by atoms with Gasteiger partial charge >= 0.3 is 0 Å². The van der Waals surface area contributed by atoms with E-state index in [0.29, 0.717) is 25.9 Å². The maximum absolute atomic E-state index is 14.5. The lowest BCUT2D eigenvalue weighted by Crippen LogP contribution is -2.45. The Morgan fingerprint density at radius 2 is 2.35 bits per heavy atom. The summed E-state index contributed by atoms with van der Waals surface area (Å²) >= 11 is 5.90. The summed E-state index contributed by atoms with van der Waals surface area (Å²) in [5, 5.41) is 17.3. The summed E-state index contributed by atoms with van der Waals surface area (Å²) in [4.78, 5) is 11.0. The molecule has 2 atom stereocenters. The highest BCUT2D eigenvalue weighted by Gasteiger charge is 2.40. The van der Waals surface area contributed by atoms with Crippen LogP contribution in [0.2, 0.25) is 5.02 Å². The Morgan fingerprint density at radius 3 is 3.00 bits per heavy atom. The molecule has 0 bridgehead atoms. The highest BCUT2D eigenvalue weighted by atomic mass is 35.5. The molecule has 0 aliphatic carbocycles. The second-order valence-corrected chi connectivity index (χ2v) is 6.56. The second-order valence-electron chi connectivity index (χ2n) is 6.16. The molecule has 2 rings (SSSR count). The quantitative estimate of drug-likeness (QED) is 0.696. The first kappa shape index (κ1) is 18.2. The number of hydrogen-bond donors (Lipinski definition) is 3. The van der Waals surface area contributed by atoms with Crippen molar-refractivity contribution in [3.8, 4) is 0 Å². The van der Waals surface area contributed by atoms with Crippen LogP contribution in [0.5, 0.6) is 0 Å². The molecule has 0 saturated carbocycles. The Hall–Kier alpha value is -1.17. The molecule has 4 nitrogen and oxygen atoms in total. The average molecular weight is 343 g/mol. The van der Waals surface area contributed by atoms with E-state index in [0.717, 1.165) is 19.4 Å². The van der Waals surface area contributed by atoms with Gasteiger partial charge < -0.3 is 15.7 Å². The van der Waals surface area contributed by atoms with Crippen molar-refractivity contribution >= 4 is 17.5 Å². The number of nitrogens with one attached hydrogen (secondary N) is 2. The molecule has 1 amide bonds. The van der Waals surface area contributed by atoms with Crippen molar-refractivity contribution in [2.75, 3.05) is 19.6 Å². The van der Waals surface area contributed by atoms with Gasteiger partial charge in [-0.25, -0.2) is 4.39 Å². The average Bonchev–Trinajstić information content (AvgIpc) is 2.54. The molecular formula is C17H24ClFN2O2. The van der Waals surface area contributed by atoms with Crippen molar-refractivity contribution in [2.45, 2.75) is 38.2 Å². The normalized spacial score (nSPS) is 20.8. The summed E-state index contributed by atoms with van der Waals surface area (Å²) in [5.41, 5.74) is -1.04. The molecule has 1 heterocycles. The molecule has 0 aromatic heterocycles. The van der Waals surface area contributed by atoms with Crippen LogP contribution in [0.1, 0.15) is 38.2 Å². The van der Waals surface area contributed by atoms with Crippen molar-refractivity contribution in [1.29, 1.82) is 0 Å². The van der Waals surface area contributed by atoms with Crippen LogP contribution in [0.4, 0.5) is 4.39 Å². The van der Waals surface area contributed by atoms with E-state index in [2.05, 4.69) is 10.6 Å². The van der Waals surface area contributed by atoms with Crippen LogP contribution in [0.15, 0.2) is 18.2 Å². The van der Waals surface area contributed by atoms with Gasteiger partial charge in [0.25, 0.3) is 0 Å². The van der Waals surface area contributed by atoms with Gasteiger partial charge in [-0.05, 0) is 38.3 Å². The van der Waals surface area contributed by atoms with E-state index in [1.807, 2.05) is 0 Å². The Balaban J connectivity index is 2.22. The van der Waals surface area contributed by atoms with Crippen LogP contribution in [0, 0.1) is 11.7 Å². The van der Waals surface area contributed by atoms with Gasteiger partial charge in [0.1, 0.15) is 5.82 Å². The standard InChI is InChI=1S/C17H24ClFN2O2/c1-12(22)21-10-4-8-17(23,13-5-3-9-20-11-13)14-6-2-7-15(18)16(14)19/h2,6-7,13,20,23H,3-5,8-11H2,1H3,(H,21,22)/t13-,17?/m1/s1. The van der Waals surface area contributed by atoms with E-state index in [4.69, 9.17) is 11.6 Å². The predicted octanol–water partition coefficient (Wildman–Crippen LogP) is 2.58. The number of piperidine rings is 1. The Bertz CT molecular complexity index is 549. The van der Waals surface area contributed by atoms with Crippen molar-refractivity contribution in [2.24, 2.45) is 5.92 Å². The van der Waals surface area contributed by atoms with Crippen LogP contribution in [-0.2, 0) is 10.4 Å². The van der Waals surface area contributed by atoms with Crippen molar-refractivity contribution in [3.05, 3.63) is 34.6 Å². The summed E-state index contributed by atoms with van der Waals surface area (Å²) in [6, 6.07) is 4.75. The maximum Gasteiger partial charge on any atom is 0.216 e. The number of rotatable bonds is 6. The van der Waals surface area contributed by atoms with E-state index in [1.165, 1.54) is 13.0 Å². The molecule has 0 radical (unpaired) electrons. The number of halogens is 2. The molecule has 1 aromatic carbocycles. The van der Waals surface area contributed by atoms with Gasteiger partial charge in [0.05, 0.1) is 10.6 Å². The lowest BCUT2D eigenvalue weighted by atomic mass is 9.74. The maximum atomic E-state index is 14.5. The van der Waals surface area contributed by atoms with Gasteiger partial charge in [0, 0.05) is 31.5 Å². The second kappa shape index (κ2) is 8.08. The van der Waals surface area contributed by atoms with Crippen LogP contribution >= 0.6 is 11.6 Å². The largest absolute Gasteiger partial charge is 0.385 e. The molecule has 128 valence electrons. The molecule has 1 fully saturated rings. The zero-order valence-corrected chi connectivity index (χ0v) is 14.1. The highest BCUT2D eigenvalue weighted by Crippen LogP contribution is 2.40. The molecule has 1 saturated heterocycles. The summed E-state index contributed by atoms with van der Waals surface area (Å²) in [5.74, 6) is -0.745. The van der Waals surface area contributed by atoms with E-state index < -0.39 is 11.4 Å². The minimum atomic E-state index is -1.29. The summed E-state index contributed by atoms with van der Waals surface area (Å²) in [6.45, 7) is 3.47. The third-order valence-corrected chi connectivity index (χ3v) is 4.79. The molecule has 1 unspecified atom stereocenters. The summed E-state index contributed by atoms with van der Waals surface area (Å²) in [7, 11) is 0. The fourth-order valence-corrected chi connectivity index (χ4v) is 3.45. The number of carbonyl (C=O) groups is 1. The third kappa shape index (κ3) is 4.43. The third-order valence-electron chi connectivity index (χ3n) is 4.50. The number of benzene rings is 1. The molecular weight excluding hydrogens is 319 g/mol. The lowest BCUT2D eigenvalue weighted by molar-refractivity contribution is -0.119. The zero-order chi connectivity index (χ0) is 16.9. The molecule has 0 spiro atoms. The number of aliphatic hydroxyl groups is 1. The SMILES string of the molecule is CC(=O)NCCCC(O)(c1cccc(Cl)c1F)[C@@H]1CCCNC1. The molecule has 23 heavy (non-hydrogen) atoms. The number of amides is 1. The first-order chi connectivity index (χ1) is 10.9. The zero-order valence-electron chi connectivity index (χ0n) is 13.4. The Morgan fingerprint density at radius 1 is 1.57 bits per heavy atom. The minimum absolute atomic E-state index is 0.0200. The van der Waals surface area contributed by atoms with Crippen LogP contribution in [0.25, 0.3) is 0 Å². The van der Waals surface area contributed by atoms with Gasteiger partial charge in [-0.3, -0.25) is 4.79 Å². The van der Waals surface area contributed by atoms with Crippen molar-refractivity contribution in [1.82, 2.24) is 10.6 Å². The summed E-state index contributed by atoms with van der Waals surface area (Å²) < 4.78 is 14.5. The Labute approximate surface area is 141 Å². The first-order valence-corrected chi connectivity index (χ1v) is 8.45. The summed E-state index contributed by atoms with van der Waals surface area (Å²) in [6.07, 6.45) is 2.71. The van der Waals surface area contributed by atoms with Crippen molar-refractivity contribution in [3.63, 3.8) is 0 Å². The fraction of sp³-hybridized carbons (Fsp3) is 0.588. The van der Waals surface area contributed by atoms with E-state index in [-0.39, 0.29) is 22.4 Å². The van der Waals surface area contributed by atoms with E-state index >= 15 is 0 Å². The van der Waals surface area contributed by atoms with Gasteiger partial charge in [0.2, 0.25) is 5.91 Å². The van der Waals surface area contributed by atoms with Gasteiger partial charge in [-0.15, -0.1) is 0 Å². The Kier molecular flexibility index (Phi) is 6.39. The van der Waals surface area contributed by atoms with Crippen LogP contribution in [0.3, 0.4) is 0 Å². The number of carbonyl (C=O) groups excluding carboxylic acids is 1. The minimum Gasteiger partial charge on any atom is -0.385 e. The fourth-order valence-electron chi connectivity index (χ4n) is 3.28. The predicted molar refractivity (Wildman–Crippen MR) is 88.8 cm³/mol. The molecule has 1 aliphatic rings. The van der Waals surface area contributed by atoms with E-state index in [1.54, 1.807) is 12.1 Å². The van der Waals surface area contributed by atoms with E-state index in [9.17, 15) is 14.3 Å². The number of hydrogen-bond acceptors (Lipinski definition) is 3. The molecule has 1 aliphatic heterocycles. The van der Waals surface area contributed by atoms with Gasteiger partial charge in [-0.2, -0.15) is 0 Å². The van der Waals surface area contributed by atoms with Crippen molar-refractivity contribution < 1.29 is 14.3 Å². The molecule has 6 heteroatoms. The van der Waals surface area contributed by atoms with Crippen LogP contribution < -0.4 is 10.6 Å².